The second-order valence-corrected chi connectivity index (χ2v) is 4.66. The molecule has 2 unspecified atom stereocenters. The summed E-state index contributed by atoms with van der Waals surface area (Å²) < 4.78 is 13.1. The number of anilines is 1. The normalized spacial score (nSPS) is 24.6. The van der Waals surface area contributed by atoms with Gasteiger partial charge >= 0.3 is 0 Å². The van der Waals surface area contributed by atoms with Crippen molar-refractivity contribution in [3.05, 3.63) is 18.3 Å². The molecule has 0 aromatic carbocycles. The molecule has 0 radical (unpaired) electrons. The van der Waals surface area contributed by atoms with Gasteiger partial charge < -0.3 is 14.9 Å². The van der Waals surface area contributed by atoms with Gasteiger partial charge in [0.15, 0.2) is 0 Å². The SMILES string of the molecule is CN(C)CC1CC(O)CN1c1cc(F)ncn1. The van der Waals surface area contributed by atoms with Crippen LogP contribution in [0.1, 0.15) is 6.42 Å². The minimum Gasteiger partial charge on any atom is -0.391 e. The Morgan fingerprint density at radius 1 is 1.53 bits per heavy atom. The van der Waals surface area contributed by atoms with Crippen LogP contribution in [0.15, 0.2) is 12.4 Å². The van der Waals surface area contributed by atoms with Gasteiger partial charge in [0.2, 0.25) is 5.95 Å². The first-order valence-electron chi connectivity index (χ1n) is 5.63. The lowest BCUT2D eigenvalue weighted by atomic mass is 10.2. The van der Waals surface area contributed by atoms with Crippen molar-refractivity contribution in [3.8, 4) is 0 Å². The average molecular weight is 240 g/mol. The molecule has 5 nitrogen and oxygen atoms in total. The first-order chi connectivity index (χ1) is 8.06. The van der Waals surface area contributed by atoms with E-state index in [0.29, 0.717) is 18.8 Å². The van der Waals surface area contributed by atoms with Crippen molar-refractivity contribution < 1.29 is 9.50 Å². The average Bonchev–Trinajstić information content (AvgIpc) is 2.58. The summed E-state index contributed by atoms with van der Waals surface area (Å²) in [6, 6.07) is 1.47. The van der Waals surface area contributed by atoms with Crippen LogP contribution in [-0.2, 0) is 0 Å². The molecule has 1 saturated heterocycles. The second-order valence-electron chi connectivity index (χ2n) is 4.66. The van der Waals surface area contributed by atoms with Gasteiger partial charge in [-0.15, -0.1) is 0 Å². The molecule has 0 amide bonds. The fraction of sp³-hybridized carbons (Fsp3) is 0.636. The van der Waals surface area contributed by atoms with Crippen molar-refractivity contribution >= 4 is 5.82 Å². The summed E-state index contributed by atoms with van der Waals surface area (Å²) in [6.07, 6.45) is 1.52. The molecule has 1 aliphatic rings. The van der Waals surface area contributed by atoms with Gasteiger partial charge in [-0.1, -0.05) is 0 Å². The Bertz CT molecular complexity index is 387. The fourth-order valence-electron chi connectivity index (χ4n) is 2.25. The number of aromatic nitrogens is 2. The van der Waals surface area contributed by atoms with E-state index in [1.54, 1.807) is 0 Å². The van der Waals surface area contributed by atoms with Crippen LogP contribution in [0.25, 0.3) is 0 Å². The molecular formula is C11H17FN4O. The Hall–Kier alpha value is -1.27. The molecule has 0 aliphatic carbocycles. The molecule has 6 heteroatoms. The Morgan fingerprint density at radius 3 is 2.94 bits per heavy atom. The summed E-state index contributed by atoms with van der Waals surface area (Å²) in [5, 5.41) is 9.72. The summed E-state index contributed by atoms with van der Waals surface area (Å²) in [5.41, 5.74) is 0. The maximum absolute atomic E-state index is 13.1. The van der Waals surface area contributed by atoms with Gasteiger partial charge in [-0.3, -0.25) is 0 Å². The van der Waals surface area contributed by atoms with Gasteiger partial charge in [-0.25, -0.2) is 9.97 Å². The van der Waals surface area contributed by atoms with Gasteiger partial charge in [0.05, 0.1) is 6.10 Å². The van der Waals surface area contributed by atoms with Gasteiger partial charge in [-0.05, 0) is 20.5 Å². The number of halogens is 1. The summed E-state index contributed by atoms with van der Waals surface area (Å²) in [4.78, 5) is 11.5. The van der Waals surface area contributed by atoms with Crippen molar-refractivity contribution in [2.24, 2.45) is 0 Å². The molecular weight excluding hydrogens is 223 g/mol. The van der Waals surface area contributed by atoms with Crippen LogP contribution in [0.2, 0.25) is 0 Å². The third-order valence-electron chi connectivity index (χ3n) is 2.88. The van der Waals surface area contributed by atoms with Crippen LogP contribution in [0, 0.1) is 5.95 Å². The zero-order chi connectivity index (χ0) is 12.4. The number of nitrogens with zero attached hydrogens (tertiary/aromatic N) is 4. The smallest absolute Gasteiger partial charge is 0.218 e. The molecule has 1 aliphatic heterocycles. The fourth-order valence-corrected chi connectivity index (χ4v) is 2.25. The Labute approximate surface area is 99.9 Å². The highest BCUT2D eigenvalue weighted by Gasteiger charge is 2.32. The zero-order valence-electron chi connectivity index (χ0n) is 10.0. The van der Waals surface area contributed by atoms with Crippen molar-refractivity contribution in [2.45, 2.75) is 18.6 Å². The number of aliphatic hydroxyl groups excluding tert-OH is 1. The number of rotatable bonds is 3. The molecule has 0 bridgehead atoms. The van der Waals surface area contributed by atoms with Gasteiger partial charge in [-0.2, -0.15) is 4.39 Å². The quantitative estimate of drug-likeness (QED) is 0.760. The monoisotopic (exact) mass is 240 g/mol. The highest BCUT2D eigenvalue weighted by molar-refractivity contribution is 5.40. The number of aliphatic hydroxyl groups is 1. The molecule has 94 valence electrons. The van der Waals surface area contributed by atoms with Crippen LogP contribution in [0.5, 0.6) is 0 Å². The van der Waals surface area contributed by atoms with Crippen molar-refractivity contribution in [3.63, 3.8) is 0 Å². The summed E-state index contributed by atoms with van der Waals surface area (Å²) in [6.45, 7) is 1.30. The zero-order valence-corrected chi connectivity index (χ0v) is 10.0. The molecule has 1 aromatic heterocycles. The second kappa shape index (κ2) is 4.93. The summed E-state index contributed by atoms with van der Waals surface area (Å²) in [5.74, 6) is 0.000827. The van der Waals surface area contributed by atoms with Crippen LogP contribution >= 0.6 is 0 Å². The molecule has 2 rings (SSSR count). The highest BCUT2D eigenvalue weighted by atomic mass is 19.1. The Kier molecular flexibility index (Phi) is 3.54. The third-order valence-corrected chi connectivity index (χ3v) is 2.88. The van der Waals surface area contributed by atoms with E-state index in [4.69, 9.17) is 0 Å². The number of β-amino-alcohol motifs (C(OH)–C–C–N with tert-alkyl or cyclic N) is 1. The molecule has 1 N–H and O–H groups in total. The van der Waals surface area contributed by atoms with E-state index in [-0.39, 0.29) is 12.1 Å². The van der Waals surface area contributed by atoms with Crippen molar-refractivity contribution in [1.29, 1.82) is 0 Å². The maximum Gasteiger partial charge on any atom is 0.218 e. The molecule has 2 atom stereocenters. The van der Waals surface area contributed by atoms with E-state index >= 15 is 0 Å². The van der Waals surface area contributed by atoms with Crippen molar-refractivity contribution in [2.75, 3.05) is 32.1 Å². The highest BCUT2D eigenvalue weighted by Crippen LogP contribution is 2.24. The van der Waals surface area contributed by atoms with Gasteiger partial charge in [0.25, 0.3) is 0 Å². The first-order valence-corrected chi connectivity index (χ1v) is 5.63. The van der Waals surface area contributed by atoms with Crippen molar-refractivity contribution in [1.82, 2.24) is 14.9 Å². The molecule has 0 saturated carbocycles. The Balaban J connectivity index is 2.17. The van der Waals surface area contributed by atoms with Crippen LogP contribution in [0.4, 0.5) is 10.2 Å². The lowest BCUT2D eigenvalue weighted by Gasteiger charge is -2.27. The number of hydrogen-bond donors (Lipinski definition) is 1. The van der Waals surface area contributed by atoms with E-state index in [1.165, 1.54) is 12.4 Å². The van der Waals surface area contributed by atoms with Gasteiger partial charge in [0.1, 0.15) is 12.1 Å². The first kappa shape index (κ1) is 12.2. The maximum atomic E-state index is 13.1. The standard InChI is InChI=1S/C11H17FN4O/c1-15(2)5-8-3-9(17)6-16(8)11-4-10(12)13-7-14-11/h4,7-9,17H,3,5-6H2,1-2H3. The van der Waals surface area contributed by atoms with Crippen LogP contribution in [0.3, 0.4) is 0 Å². The minimum absolute atomic E-state index is 0.161. The lowest BCUT2D eigenvalue weighted by Crippen LogP contribution is -2.38. The lowest BCUT2D eigenvalue weighted by molar-refractivity contribution is 0.191. The Morgan fingerprint density at radius 2 is 2.29 bits per heavy atom. The predicted octanol–water partition coefficient (Wildman–Crippen LogP) is 0.117. The molecule has 0 spiro atoms. The van der Waals surface area contributed by atoms with Crippen LogP contribution < -0.4 is 4.90 Å². The minimum atomic E-state index is -0.542. The van der Waals surface area contributed by atoms with E-state index in [2.05, 4.69) is 9.97 Å². The predicted molar refractivity (Wildman–Crippen MR) is 62.3 cm³/mol. The molecule has 1 fully saturated rings. The van der Waals surface area contributed by atoms with E-state index < -0.39 is 5.95 Å². The molecule has 17 heavy (non-hydrogen) atoms. The number of hydrogen-bond acceptors (Lipinski definition) is 5. The van der Waals surface area contributed by atoms with E-state index in [0.717, 1.165) is 6.54 Å². The topological polar surface area (TPSA) is 52.5 Å². The van der Waals surface area contributed by atoms with Crippen LogP contribution in [-0.4, -0.2) is 59.3 Å². The summed E-state index contributed by atoms with van der Waals surface area (Å²) >= 11 is 0. The van der Waals surface area contributed by atoms with E-state index in [9.17, 15) is 9.50 Å². The largest absolute Gasteiger partial charge is 0.391 e. The van der Waals surface area contributed by atoms with E-state index in [1.807, 2.05) is 23.9 Å². The molecule has 2 heterocycles. The summed E-state index contributed by atoms with van der Waals surface area (Å²) in [7, 11) is 3.95. The third kappa shape index (κ3) is 2.89. The number of likely N-dealkylation sites (N-methyl/N-ethyl adjacent to an activating group) is 1. The molecule has 1 aromatic rings. The van der Waals surface area contributed by atoms with Gasteiger partial charge in [0, 0.05) is 25.2 Å².